The molecule has 0 bridgehead atoms. The molecule has 0 spiro atoms. The second-order valence-electron chi connectivity index (χ2n) is 3.63. The molecule has 1 heterocycles. The van der Waals surface area contributed by atoms with Gasteiger partial charge in [-0.2, -0.15) is 0 Å². The van der Waals surface area contributed by atoms with Gasteiger partial charge in [0, 0.05) is 16.5 Å². The minimum absolute atomic E-state index is 0.228. The molecule has 0 radical (unpaired) electrons. The highest BCUT2D eigenvalue weighted by Crippen LogP contribution is 2.26. The molecule has 5 nitrogen and oxygen atoms in total. The van der Waals surface area contributed by atoms with Crippen LogP contribution in [0.25, 0.3) is 0 Å². The Morgan fingerprint density at radius 1 is 1.26 bits per heavy atom. The quantitative estimate of drug-likeness (QED) is 0.900. The molecule has 2 rings (SSSR count). The van der Waals surface area contributed by atoms with Crippen molar-refractivity contribution < 1.29 is 4.79 Å². The van der Waals surface area contributed by atoms with Crippen LogP contribution in [0.2, 0.25) is 5.02 Å². The molecule has 0 saturated heterocycles. The van der Waals surface area contributed by atoms with Crippen LogP contribution in [0.3, 0.4) is 0 Å². The summed E-state index contributed by atoms with van der Waals surface area (Å²) >= 11 is 9.21. The van der Waals surface area contributed by atoms with Crippen molar-refractivity contribution in [3.05, 3.63) is 45.5 Å². The molecule has 0 aliphatic carbocycles. The van der Waals surface area contributed by atoms with E-state index in [2.05, 4.69) is 36.8 Å². The van der Waals surface area contributed by atoms with Crippen molar-refractivity contribution in [2.45, 2.75) is 0 Å². The molecule has 98 valence electrons. The molecule has 7 heteroatoms. The summed E-state index contributed by atoms with van der Waals surface area (Å²) in [5.41, 5.74) is 0.808. The number of amides is 1. The summed E-state index contributed by atoms with van der Waals surface area (Å²) in [6.07, 6.45) is 0. The maximum absolute atomic E-state index is 12.0. The lowest BCUT2D eigenvalue weighted by atomic mass is 10.3. The molecule has 0 aliphatic heterocycles. The number of halogens is 2. The fourth-order valence-electron chi connectivity index (χ4n) is 1.37. The number of nitrogens with zero attached hydrogens (tertiary/aromatic N) is 2. The van der Waals surface area contributed by atoms with Crippen LogP contribution in [0, 0.1) is 0 Å². The summed E-state index contributed by atoms with van der Waals surface area (Å²) in [6.45, 7) is 0. The van der Waals surface area contributed by atoms with E-state index >= 15 is 0 Å². The van der Waals surface area contributed by atoms with Gasteiger partial charge in [-0.15, -0.1) is 10.2 Å². The predicted molar refractivity (Wildman–Crippen MR) is 78.7 cm³/mol. The maximum Gasteiger partial charge on any atom is 0.276 e. The Balaban J connectivity index is 2.18. The summed E-state index contributed by atoms with van der Waals surface area (Å²) in [5.74, 6) is 0.249. The van der Waals surface area contributed by atoms with Crippen molar-refractivity contribution >= 4 is 44.9 Å². The summed E-state index contributed by atoms with van der Waals surface area (Å²) in [4.78, 5) is 12.0. The normalized spacial score (nSPS) is 10.1. The molecule has 2 N–H and O–H groups in total. The first-order chi connectivity index (χ1) is 9.10. The molecule has 1 aromatic carbocycles. The summed E-state index contributed by atoms with van der Waals surface area (Å²) < 4.78 is 0.741. The first-order valence-electron chi connectivity index (χ1n) is 5.38. The van der Waals surface area contributed by atoms with E-state index in [-0.39, 0.29) is 11.6 Å². The number of hydrogen-bond acceptors (Lipinski definition) is 4. The summed E-state index contributed by atoms with van der Waals surface area (Å²) in [7, 11) is 1.73. The monoisotopic (exact) mass is 340 g/mol. The van der Waals surface area contributed by atoms with Gasteiger partial charge in [0.25, 0.3) is 5.91 Å². The number of hydrogen-bond donors (Lipinski definition) is 2. The van der Waals surface area contributed by atoms with E-state index in [0.29, 0.717) is 16.5 Å². The van der Waals surface area contributed by atoms with Crippen molar-refractivity contribution in [3.8, 4) is 0 Å². The highest BCUT2D eigenvalue weighted by Gasteiger charge is 2.10. The molecule has 1 amide bonds. The minimum atomic E-state index is -0.349. The first kappa shape index (κ1) is 13.8. The lowest BCUT2D eigenvalue weighted by Gasteiger charge is -2.07. The molecule has 0 atom stereocenters. The maximum atomic E-state index is 12.0. The Morgan fingerprint density at radius 3 is 2.68 bits per heavy atom. The van der Waals surface area contributed by atoms with E-state index in [4.69, 9.17) is 11.6 Å². The number of rotatable bonds is 3. The van der Waals surface area contributed by atoms with Crippen molar-refractivity contribution in [1.29, 1.82) is 0 Å². The molecule has 0 aliphatic rings. The lowest BCUT2D eigenvalue weighted by molar-refractivity contribution is 0.102. The average molecular weight is 342 g/mol. The molecule has 1 aromatic heterocycles. The molecular weight excluding hydrogens is 332 g/mol. The molecule has 0 fully saturated rings. The Kier molecular flexibility index (Phi) is 4.34. The third kappa shape index (κ3) is 3.42. The van der Waals surface area contributed by atoms with E-state index in [1.54, 1.807) is 37.4 Å². The third-order valence-corrected chi connectivity index (χ3v) is 3.26. The smallest absolute Gasteiger partial charge is 0.276 e. The highest BCUT2D eigenvalue weighted by atomic mass is 79.9. The van der Waals surface area contributed by atoms with Crippen LogP contribution in [-0.2, 0) is 0 Å². The van der Waals surface area contributed by atoms with Gasteiger partial charge in [0.05, 0.1) is 5.69 Å². The second kappa shape index (κ2) is 5.99. The Morgan fingerprint density at radius 2 is 2.05 bits per heavy atom. The number of benzene rings is 1. The number of carbonyl (C=O) groups is 1. The Hall–Kier alpha value is -1.66. The van der Waals surface area contributed by atoms with Crippen LogP contribution in [0.15, 0.2) is 34.8 Å². The van der Waals surface area contributed by atoms with Gasteiger partial charge >= 0.3 is 0 Å². The van der Waals surface area contributed by atoms with Gasteiger partial charge < -0.3 is 10.6 Å². The highest BCUT2D eigenvalue weighted by molar-refractivity contribution is 9.10. The van der Waals surface area contributed by atoms with Gasteiger partial charge in [0.15, 0.2) is 5.69 Å². The first-order valence-corrected chi connectivity index (χ1v) is 6.55. The lowest BCUT2D eigenvalue weighted by Crippen LogP contribution is -2.15. The number of aromatic nitrogens is 2. The van der Waals surface area contributed by atoms with Crippen molar-refractivity contribution in [3.63, 3.8) is 0 Å². The van der Waals surface area contributed by atoms with Crippen molar-refractivity contribution in [2.24, 2.45) is 0 Å². The SMILES string of the molecule is CNc1ccc(C(=O)Nc2cc(Cl)ccc2Br)nn1. The number of carbonyl (C=O) groups excluding carboxylic acids is 1. The van der Waals surface area contributed by atoms with Crippen LogP contribution < -0.4 is 10.6 Å². The molecule has 19 heavy (non-hydrogen) atoms. The molecule has 2 aromatic rings. The van der Waals surface area contributed by atoms with Crippen LogP contribution in [0.5, 0.6) is 0 Å². The largest absolute Gasteiger partial charge is 0.372 e. The van der Waals surface area contributed by atoms with Gasteiger partial charge in [-0.3, -0.25) is 4.79 Å². The van der Waals surface area contributed by atoms with Crippen molar-refractivity contribution in [1.82, 2.24) is 10.2 Å². The molecular formula is C12H10BrClN4O. The third-order valence-electron chi connectivity index (χ3n) is 2.33. The van der Waals surface area contributed by atoms with E-state index in [0.717, 1.165) is 4.47 Å². The zero-order chi connectivity index (χ0) is 13.8. The minimum Gasteiger partial charge on any atom is -0.372 e. The van der Waals surface area contributed by atoms with Crippen LogP contribution >= 0.6 is 27.5 Å². The zero-order valence-electron chi connectivity index (χ0n) is 9.95. The summed E-state index contributed by atoms with van der Waals surface area (Å²) in [6, 6.07) is 8.40. The van der Waals surface area contributed by atoms with E-state index in [1.165, 1.54) is 0 Å². The van der Waals surface area contributed by atoms with Gasteiger partial charge in [-0.25, -0.2) is 0 Å². The average Bonchev–Trinajstić information content (AvgIpc) is 2.43. The molecule has 0 saturated carbocycles. The standard InChI is InChI=1S/C12H10BrClN4O/c1-15-11-5-4-9(17-18-11)12(19)16-10-6-7(14)2-3-8(10)13/h2-6H,1H3,(H,15,18)(H,16,19). The van der Waals surface area contributed by atoms with Crippen molar-refractivity contribution in [2.75, 3.05) is 17.7 Å². The van der Waals surface area contributed by atoms with E-state index < -0.39 is 0 Å². The summed E-state index contributed by atoms with van der Waals surface area (Å²) in [5, 5.41) is 13.7. The fraction of sp³-hybridized carbons (Fsp3) is 0.0833. The zero-order valence-corrected chi connectivity index (χ0v) is 12.3. The Labute approximate surface area is 123 Å². The van der Waals surface area contributed by atoms with Crippen LogP contribution in [-0.4, -0.2) is 23.2 Å². The number of anilines is 2. The van der Waals surface area contributed by atoms with Gasteiger partial charge in [-0.05, 0) is 46.3 Å². The number of nitrogens with one attached hydrogen (secondary N) is 2. The van der Waals surface area contributed by atoms with E-state index in [1.807, 2.05) is 0 Å². The van der Waals surface area contributed by atoms with Crippen LogP contribution in [0.4, 0.5) is 11.5 Å². The Bertz CT molecular complexity index is 603. The van der Waals surface area contributed by atoms with Crippen LogP contribution in [0.1, 0.15) is 10.5 Å². The van der Waals surface area contributed by atoms with Gasteiger partial charge in [-0.1, -0.05) is 11.6 Å². The topological polar surface area (TPSA) is 66.9 Å². The van der Waals surface area contributed by atoms with Gasteiger partial charge in [0.1, 0.15) is 5.82 Å². The van der Waals surface area contributed by atoms with E-state index in [9.17, 15) is 4.79 Å². The fourth-order valence-corrected chi connectivity index (χ4v) is 1.88. The van der Waals surface area contributed by atoms with Gasteiger partial charge in [0.2, 0.25) is 0 Å². The second-order valence-corrected chi connectivity index (χ2v) is 4.92. The molecule has 0 unspecified atom stereocenters. The predicted octanol–water partition coefficient (Wildman–Crippen LogP) is 3.19.